The molecule has 100 valence electrons. The summed E-state index contributed by atoms with van der Waals surface area (Å²) in [6, 6.07) is 7.36. The van der Waals surface area contributed by atoms with Crippen LogP contribution in [0.5, 0.6) is 0 Å². The first-order valence-electron chi connectivity index (χ1n) is 6.16. The van der Waals surface area contributed by atoms with Gasteiger partial charge in [0.25, 0.3) is 0 Å². The average Bonchev–Trinajstić information content (AvgIpc) is 2.82. The molecule has 1 atom stereocenters. The minimum absolute atomic E-state index is 0.0631. The van der Waals surface area contributed by atoms with Crippen molar-refractivity contribution >= 4 is 5.97 Å². The van der Waals surface area contributed by atoms with Crippen molar-refractivity contribution in [3.05, 3.63) is 47.8 Å². The van der Waals surface area contributed by atoms with Crippen LogP contribution in [-0.2, 0) is 4.79 Å². The molecule has 0 bridgehead atoms. The Morgan fingerprint density at radius 2 is 2.21 bits per heavy atom. The van der Waals surface area contributed by atoms with Crippen LogP contribution < -0.4 is 5.73 Å². The lowest BCUT2D eigenvalue weighted by molar-refractivity contribution is -0.137. The molecule has 0 radical (unpaired) electrons. The number of aliphatic carboxylic acids is 1. The normalized spacial score (nSPS) is 12.3. The molecule has 1 heterocycles. The molecule has 3 N–H and O–H groups in total. The van der Waals surface area contributed by atoms with E-state index < -0.39 is 5.97 Å². The van der Waals surface area contributed by atoms with Crippen LogP contribution in [0.1, 0.15) is 30.0 Å². The van der Waals surface area contributed by atoms with Crippen LogP contribution in [0.2, 0.25) is 0 Å². The zero-order valence-electron chi connectivity index (χ0n) is 10.8. The molecule has 0 aliphatic heterocycles. The van der Waals surface area contributed by atoms with Gasteiger partial charge in [0.1, 0.15) is 0 Å². The number of hydrogen-bond acceptors (Lipinski definition) is 3. The fraction of sp³-hybridized carbons (Fsp3) is 0.286. The molecule has 2 aromatic rings. The monoisotopic (exact) mass is 259 g/mol. The Morgan fingerprint density at radius 1 is 1.47 bits per heavy atom. The van der Waals surface area contributed by atoms with Gasteiger partial charge in [-0.25, -0.2) is 4.68 Å². The number of benzene rings is 1. The molecular formula is C14H17N3O2. The molecule has 5 heteroatoms. The topological polar surface area (TPSA) is 81.1 Å². The molecule has 1 aromatic carbocycles. The summed E-state index contributed by atoms with van der Waals surface area (Å²) in [5, 5.41) is 13.0. The van der Waals surface area contributed by atoms with Crippen molar-refractivity contribution in [2.75, 3.05) is 0 Å². The maximum absolute atomic E-state index is 10.6. The molecule has 2 rings (SSSR count). The van der Waals surface area contributed by atoms with E-state index in [-0.39, 0.29) is 12.5 Å². The Morgan fingerprint density at radius 3 is 2.84 bits per heavy atom. The minimum Gasteiger partial charge on any atom is -0.481 e. The first-order chi connectivity index (χ1) is 9.08. The van der Waals surface area contributed by atoms with Crippen molar-refractivity contribution in [3.8, 4) is 5.69 Å². The number of para-hydroxylation sites is 1. The van der Waals surface area contributed by atoms with Crippen LogP contribution in [0.4, 0.5) is 0 Å². The zero-order valence-corrected chi connectivity index (χ0v) is 10.8. The second-order valence-electron chi connectivity index (χ2n) is 4.56. The van der Waals surface area contributed by atoms with Gasteiger partial charge in [0.15, 0.2) is 0 Å². The summed E-state index contributed by atoms with van der Waals surface area (Å²) in [5.74, 6) is -0.831. The van der Waals surface area contributed by atoms with Gasteiger partial charge < -0.3 is 10.8 Å². The Balaban J connectivity index is 2.28. The highest BCUT2D eigenvalue weighted by Gasteiger charge is 2.13. The molecule has 0 fully saturated rings. The second kappa shape index (κ2) is 5.67. The van der Waals surface area contributed by atoms with Crippen LogP contribution in [0.3, 0.4) is 0 Å². The number of carbonyl (C=O) groups is 1. The van der Waals surface area contributed by atoms with Gasteiger partial charge in [-0.15, -0.1) is 0 Å². The number of hydrogen-bond donors (Lipinski definition) is 2. The third kappa shape index (κ3) is 3.20. The van der Waals surface area contributed by atoms with Gasteiger partial charge in [-0.05, 0) is 30.5 Å². The smallest absolute Gasteiger partial charge is 0.303 e. The molecule has 19 heavy (non-hydrogen) atoms. The Hall–Kier alpha value is -2.14. The van der Waals surface area contributed by atoms with Crippen molar-refractivity contribution in [3.63, 3.8) is 0 Å². The quantitative estimate of drug-likeness (QED) is 0.861. The highest BCUT2D eigenvalue weighted by molar-refractivity contribution is 5.66. The third-order valence-corrected chi connectivity index (χ3v) is 2.96. The van der Waals surface area contributed by atoms with Crippen molar-refractivity contribution in [1.29, 1.82) is 0 Å². The largest absolute Gasteiger partial charge is 0.481 e. The number of rotatable bonds is 5. The van der Waals surface area contributed by atoms with Gasteiger partial charge in [-0.3, -0.25) is 4.79 Å². The second-order valence-corrected chi connectivity index (χ2v) is 4.56. The van der Waals surface area contributed by atoms with Gasteiger partial charge >= 0.3 is 5.97 Å². The summed E-state index contributed by atoms with van der Waals surface area (Å²) in [4.78, 5) is 10.6. The zero-order chi connectivity index (χ0) is 13.8. The van der Waals surface area contributed by atoms with Gasteiger partial charge in [0.2, 0.25) is 0 Å². The van der Waals surface area contributed by atoms with E-state index in [1.54, 1.807) is 10.9 Å². The predicted molar refractivity (Wildman–Crippen MR) is 72.1 cm³/mol. The third-order valence-electron chi connectivity index (χ3n) is 2.96. The number of nitrogens with zero attached hydrogens (tertiary/aromatic N) is 2. The molecule has 1 unspecified atom stereocenters. The van der Waals surface area contributed by atoms with Crippen molar-refractivity contribution in [2.45, 2.75) is 25.8 Å². The van der Waals surface area contributed by atoms with E-state index in [0.717, 1.165) is 16.8 Å². The Kier molecular flexibility index (Phi) is 3.97. The number of aromatic nitrogens is 2. The molecule has 0 aliphatic carbocycles. The number of carboxylic acid groups (broad SMARTS) is 1. The van der Waals surface area contributed by atoms with Crippen molar-refractivity contribution in [2.24, 2.45) is 5.73 Å². The molecule has 5 nitrogen and oxygen atoms in total. The SMILES string of the molecule is Cc1cnn(-c2ccccc2C(N)CCC(=O)O)c1. The first-order valence-corrected chi connectivity index (χ1v) is 6.16. The summed E-state index contributed by atoms with van der Waals surface area (Å²) in [7, 11) is 0. The highest BCUT2D eigenvalue weighted by Crippen LogP contribution is 2.23. The van der Waals surface area contributed by atoms with Crippen LogP contribution in [0, 0.1) is 6.92 Å². The summed E-state index contributed by atoms with van der Waals surface area (Å²) >= 11 is 0. The highest BCUT2D eigenvalue weighted by atomic mass is 16.4. The lowest BCUT2D eigenvalue weighted by Crippen LogP contribution is -2.15. The lowest BCUT2D eigenvalue weighted by atomic mass is 10.0. The lowest BCUT2D eigenvalue weighted by Gasteiger charge is -2.15. The van der Waals surface area contributed by atoms with Gasteiger partial charge in [-0.1, -0.05) is 18.2 Å². The summed E-state index contributed by atoms with van der Waals surface area (Å²) in [6.07, 6.45) is 4.17. The molecular weight excluding hydrogens is 242 g/mol. The van der Waals surface area contributed by atoms with E-state index in [0.29, 0.717) is 6.42 Å². The van der Waals surface area contributed by atoms with E-state index in [4.69, 9.17) is 10.8 Å². The molecule has 0 spiro atoms. The molecule has 0 saturated carbocycles. The maximum Gasteiger partial charge on any atom is 0.303 e. The van der Waals surface area contributed by atoms with Crippen molar-refractivity contribution in [1.82, 2.24) is 9.78 Å². The first kappa shape index (κ1) is 13.3. The molecule has 0 saturated heterocycles. The summed E-state index contributed by atoms with van der Waals surface area (Å²) in [5.41, 5.74) is 8.95. The number of nitrogens with two attached hydrogens (primary N) is 1. The van der Waals surface area contributed by atoms with Gasteiger partial charge in [0, 0.05) is 18.7 Å². The summed E-state index contributed by atoms with van der Waals surface area (Å²) in [6.45, 7) is 1.97. The van der Waals surface area contributed by atoms with Gasteiger partial charge in [0.05, 0.1) is 11.9 Å². The van der Waals surface area contributed by atoms with E-state index in [9.17, 15) is 4.79 Å². The van der Waals surface area contributed by atoms with Crippen LogP contribution in [-0.4, -0.2) is 20.9 Å². The summed E-state index contributed by atoms with van der Waals surface area (Å²) < 4.78 is 1.77. The van der Waals surface area contributed by atoms with E-state index >= 15 is 0 Å². The fourth-order valence-corrected chi connectivity index (χ4v) is 1.99. The van der Waals surface area contributed by atoms with Crippen LogP contribution >= 0.6 is 0 Å². The molecule has 0 aliphatic rings. The molecule has 1 aromatic heterocycles. The number of carboxylic acids is 1. The average molecular weight is 259 g/mol. The van der Waals surface area contributed by atoms with E-state index in [1.807, 2.05) is 37.4 Å². The predicted octanol–water partition coefficient (Wildman–Crippen LogP) is 2.05. The van der Waals surface area contributed by atoms with Crippen molar-refractivity contribution < 1.29 is 9.90 Å². The maximum atomic E-state index is 10.6. The van der Waals surface area contributed by atoms with Crippen LogP contribution in [0.15, 0.2) is 36.7 Å². The van der Waals surface area contributed by atoms with Crippen LogP contribution in [0.25, 0.3) is 5.69 Å². The Bertz CT molecular complexity index is 578. The standard InChI is InChI=1S/C14H17N3O2/c1-10-8-16-17(9-10)13-5-3-2-4-11(13)12(15)6-7-14(18)19/h2-5,8-9,12H,6-7,15H2,1H3,(H,18,19). The van der Waals surface area contributed by atoms with E-state index in [2.05, 4.69) is 5.10 Å². The minimum atomic E-state index is -0.831. The fourth-order valence-electron chi connectivity index (χ4n) is 1.99. The Labute approximate surface area is 111 Å². The number of aryl methyl sites for hydroxylation is 1. The van der Waals surface area contributed by atoms with Gasteiger partial charge in [-0.2, -0.15) is 5.10 Å². The van der Waals surface area contributed by atoms with E-state index in [1.165, 1.54) is 0 Å². The molecule has 0 amide bonds.